The second-order valence-electron chi connectivity index (χ2n) is 8.57. The van der Waals surface area contributed by atoms with E-state index in [4.69, 9.17) is 9.47 Å². The van der Waals surface area contributed by atoms with E-state index in [1.165, 1.54) is 25.8 Å². The minimum Gasteiger partial charge on any atom is -0.465 e. The summed E-state index contributed by atoms with van der Waals surface area (Å²) in [6, 6.07) is 9.96. The van der Waals surface area contributed by atoms with Crippen LogP contribution in [0.25, 0.3) is 0 Å². The van der Waals surface area contributed by atoms with Crippen molar-refractivity contribution in [1.29, 1.82) is 0 Å². The predicted octanol–water partition coefficient (Wildman–Crippen LogP) is 4.39. The maximum Gasteiger partial charge on any atom is 0.407 e. The third kappa shape index (κ3) is 7.89. The normalized spacial score (nSPS) is 22.7. The molecule has 1 aliphatic carbocycles. The van der Waals surface area contributed by atoms with Crippen molar-refractivity contribution in [3.05, 3.63) is 35.9 Å². The Balaban J connectivity index is 1.25. The summed E-state index contributed by atoms with van der Waals surface area (Å²) in [7, 11) is 0. The lowest BCUT2D eigenvalue weighted by Gasteiger charge is -2.35. The highest BCUT2D eigenvalue weighted by atomic mass is 16.5. The topological polar surface area (TPSA) is 62.2 Å². The summed E-state index contributed by atoms with van der Waals surface area (Å²) in [6.45, 7) is 6.42. The van der Waals surface area contributed by atoms with Gasteiger partial charge in [-0.25, -0.2) is 4.79 Å². The molecule has 0 unspecified atom stereocenters. The van der Waals surface area contributed by atoms with E-state index in [1.54, 1.807) is 4.90 Å². The van der Waals surface area contributed by atoms with Crippen molar-refractivity contribution in [2.75, 3.05) is 39.5 Å². The van der Waals surface area contributed by atoms with E-state index in [-0.39, 0.29) is 6.04 Å². The zero-order valence-corrected chi connectivity index (χ0v) is 18.2. The minimum absolute atomic E-state index is 0.0998. The van der Waals surface area contributed by atoms with E-state index in [1.807, 2.05) is 30.3 Å². The first-order valence-electron chi connectivity index (χ1n) is 11.7. The standard InChI is InChI=1S/C24H38N2O4/c27-24(28)26(20-21-8-4-3-5-9-21)22-10-12-23(13-11-22)30-17-7-2-1-6-14-25-15-18-29-19-16-25/h3-5,8-9,22-23H,1-2,6-7,10-20H2,(H,27,28). The first-order chi connectivity index (χ1) is 14.7. The van der Waals surface area contributed by atoms with Crippen LogP contribution in [0.1, 0.15) is 56.9 Å². The van der Waals surface area contributed by atoms with Crippen molar-refractivity contribution in [3.8, 4) is 0 Å². The zero-order chi connectivity index (χ0) is 21.0. The molecule has 1 aromatic carbocycles. The fourth-order valence-electron chi connectivity index (χ4n) is 4.52. The maximum absolute atomic E-state index is 11.8. The molecule has 0 bridgehead atoms. The van der Waals surface area contributed by atoms with Gasteiger partial charge in [-0.2, -0.15) is 0 Å². The maximum atomic E-state index is 11.8. The van der Waals surface area contributed by atoms with Crippen LogP contribution in [0.4, 0.5) is 4.79 Å². The molecule has 1 amide bonds. The Hall–Kier alpha value is -1.63. The summed E-state index contributed by atoms with van der Waals surface area (Å²) in [5.41, 5.74) is 1.05. The van der Waals surface area contributed by atoms with Gasteiger partial charge in [-0.3, -0.25) is 4.90 Å². The van der Waals surface area contributed by atoms with Gasteiger partial charge in [0.2, 0.25) is 0 Å². The molecule has 1 heterocycles. The highest BCUT2D eigenvalue weighted by molar-refractivity contribution is 5.65. The molecule has 1 N–H and O–H groups in total. The second kappa shape index (κ2) is 12.9. The van der Waals surface area contributed by atoms with Crippen LogP contribution in [0.2, 0.25) is 0 Å². The molecule has 1 aliphatic heterocycles. The molecule has 1 saturated carbocycles. The number of ether oxygens (including phenoxy) is 2. The van der Waals surface area contributed by atoms with E-state index in [9.17, 15) is 9.90 Å². The summed E-state index contributed by atoms with van der Waals surface area (Å²) in [5.74, 6) is 0. The fraction of sp³-hybridized carbons (Fsp3) is 0.708. The number of hydrogen-bond acceptors (Lipinski definition) is 4. The largest absolute Gasteiger partial charge is 0.465 e. The van der Waals surface area contributed by atoms with Crippen LogP contribution in [0.3, 0.4) is 0 Å². The molecule has 0 spiro atoms. The molecule has 2 aliphatic rings. The third-order valence-corrected chi connectivity index (χ3v) is 6.35. The van der Waals surface area contributed by atoms with Crippen molar-refractivity contribution >= 4 is 6.09 Å². The lowest BCUT2D eigenvalue weighted by molar-refractivity contribution is 0.00584. The Morgan fingerprint density at radius 3 is 2.43 bits per heavy atom. The van der Waals surface area contributed by atoms with Gasteiger partial charge in [0.1, 0.15) is 0 Å². The highest BCUT2D eigenvalue weighted by Crippen LogP contribution is 2.26. The molecule has 0 atom stereocenters. The van der Waals surface area contributed by atoms with Gasteiger partial charge in [0.05, 0.1) is 19.3 Å². The number of carbonyl (C=O) groups is 1. The van der Waals surface area contributed by atoms with Crippen molar-refractivity contribution in [1.82, 2.24) is 9.80 Å². The van der Waals surface area contributed by atoms with Crippen LogP contribution in [-0.4, -0.2) is 72.6 Å². The zero-order valence-electron chi connectivity index (χ0n) is 18.2. The summed E-state index contributed by atoms with van der Waals surface area (Å²) in [5, 5.41) is 9.67. The van der Waals surface area contributed by atoms with Crippen LogP contribution in [0, 0.1) is 0 Å². The molecule has 6 nitrogen and oxygen atoms in total. The summed E-state index contributed by atoms with van der Waals surface area (Å²) in [4.78, 5) is 15.9. The molecular weight excluding hydrogens is 380 g/mol. The Morgan fingerprint density at radius 2 is 1.73 bits per heavy atom. The SMILES string of the molecule is O=C(O)N(Cc1ccccc1)C1CCC(OCCCCCCN2CCOCC2)CC1. The molecule has 168 valence electrons. The Kier molecular flexibility index (Phi) is 9.93. The fourth-order valence-corrected chi connectivity index (χ4v) is 4.52. The molecular formula is C24H38N2O4. The summed E-state index contributed by atoms with van der Waals surface area (Å²) >= 11 is 0. The molecule has 3 rings (SSSR count). The first-order valence-corrected chi connectivity index (χ1v) is 11.7. The highest BCUT2D eigenvalue weighted by Gasteiger charge is 2.29. The predicted molar refractivity (Wildman–Crippen MR) is 118 cm³/mol. The van der Waals surface area contributed by atoms with Gasteiger partial charge >= 0.3 is 6.09 Å². The van der Waals surface area contributed by atoms with E-state index < -0.39 is 6.09 Å². The molecule has 1 aromatic rings. The Morgan fingerprint density at radius 1 is 1.03 bits per heavy atom. The van der Waals surface area contributed by atoms with Gasteiger partial charge in [-0.05, 0) is 50.6 Å². The average molecular weight is 419 g/mol. The minimum atomic E-state index is -0.819. The number of rotatable bonds is 11. The lowest BCUT2D eigenvalue weighted by atomic mass is 9.91. The molecule has 0 aromatic heterocycles. The molecule has 30 heavy (non-hydrogen) atoms. The van der Waals surface area contributed by atoms with Crippen molar-refractivity contribution in [3.63, 3.8) is 0 Å². The number of nitrogens with zero attached hydrogens (tertiary/aromatic N) is 2. The number of unbranched alkanes of at least 4 members (excludes halogenated alkanes) is 3. The quantitative estimate of drug-likeness (QED) is 0.540. The molecule has 6 heteroatoms. The van der Waals surface area contributed by atoms with Gasteiger partial charge in [0.25, 0.3) is 0 Å². The van der Waals surface area contributed by atoms with Crippen molar-refractivity contribution in [2.45, 2.75) is 70.1 Å². The number of benzene rings is 1. The van der Waals surface area contributed by atoms with Gasteiger partial charge in [0, 0.05) is 32.3 Å². The van der Waals surface area contributed by atoms with E-state index >= 15 is 0 Å². The van der Waals surface area contributed by atoms with Crippen LogP contribution >= 0.6 is 0 Å². The lowest BCUT2D eigenvalue weighted by Crippen LogP contribution is -2.42. The number of amides is 1. The van der Waals surface area contributed by atoms with Gasteiger partial charge in [-0.15, -0.1) is 0 Å². The van der Waals surface area contributed by atoms with Crippen LogP contribution in [0.15, 0.2) is 30.3 Å². The van der Waals surface area contributed by atoms with Gasteiger partial charge < -0.3 is 19.5 Å². The van der Waals surface area contributed by atoms with Crippen LogP contribution in [-0.2, 0) is 16.0 Å². The monoisotopic (exact) mass is 418 g/mol. The van der Waals surface area contributed by atoms with Crippen molar-refractivity contribution < 1.29 is 19.4 Å². The smallest absolute Gasteiger partial charge is 0.407 e. The van der Waals surface area contributed by atoms with Crippen LogP contribution in [0.5, 0.6) is 0 Å². The average Bonchev–Trinajstić information content (AvgIpc) is 2.78. The van der Waals surface area contributed by atoms with E-state index in [0.29, 0.717) is 12.6 Å². The van der Waals surface area contributed by atoms with Gasteiger partial charge in [-0.1, -0.05) is 43.2 Å². The van der Waals surface area contributed by atoms with Gasteiger partial charge in [0.15, 0.2) is 0 Å². The Bertz CT molecular complexity index is 598. The molecule has 0 radical (unpaired) electrons. The molecule has 2 fully saturated rings. The number of carboxylic acid groups (broad SMARTS) is 1. The number of morpholine rings is 1. The van der Waals surface area contributed by atoms with Crippen LogP contribution < -0.4 is 0 Å². The second-order valence-corrected chi connectivity index (χ2v) is 8.57. The van der Waals surface area contributed by atoms with Crippen molar-refractivity contribution in [2.24, 2.45) is 0 Å². The first kappa shape index (κ1) is 23.0. The van der Waals surface area contributed by atoms with E-state index in [0.717, 1.165) is 70.6 Å². The van der Waals surface area contributed by atoms with E-state index in [2.05, 4.69) is 4.90 Å². The summed E-state index contributed by atoms with van der Waals surface area (Å²) in [6.07, 6.45) is 8.05. The molecule has 1 saturated heterocycles. The Labute approximate surface area is 181 Å². The number of hydrogen-bond donors (Lipinski definition) is 1. The third-order valence-electron chi connectivity index (χ3n) is 6.35. The summed E-state index contributed by atoms with van der Waals surface area (Å²) < 4.78 is 11.5.